The molecule has 1 heterocycles. The molecule has 0 saturated heterocycles. The number of hydrogen-bond acceptors (Lipinski definition) is 4. The number of thiazole rings is 1. The topological polar surface area (TPSA) is 59.1 Å². The van der Waals surface area contributed by atoms with Crippen molar-refractivity contribution in [2.45, 2.75) is 12.8 Å². The predicted molar refractivity (Wildman–Crippen MR) is 84.8 cm³/mol. The lowest BCUT2D eigenvalue weighted by Crippen LogP contribution is -2.29. The zero-order valence-electron chi connectivity index (χ0n) is 11.0. The number of nitrogens with zero attached hydrogens (tertiary/aromatic N) is 1. The Labute approximate surface area is 127 Å². The molecule has 20 heavy (non-hydrogen) atoms. The lowest BCUT2D eigenvalue weighted by atomic mass is 10.2. The monoisotopic (exact) mass is 330 g/mol. The van der Waals surface area contributed by atoms with E-state index in [1.807, 2.05) is 31.2 Å². The van der Waals surface area contributed by atoms with Gasteiger partial charge in [0.1, 0.15) is 0 Å². The van der Waals surface area contributed by atoms with E-state index in [0.29, 0.717) is 6.54 Å². The van der Waals surface area contributed by atoms with Crippen LogP contribution in [0.4, 0.5) is 0 Å². The van der Waals surface area contributed by atoms with Gasteiger partial charge < -0.3 is 0 Å². The average Bonchev–Trinajstić information content (AvgIpc) is 2.78. The minimum atomic E-state index is -3.42. The molecule has 0 amide bonds. The predicted octanol–water partition coefficient (Wildman–Crippen LogP) is 3.07. The third kappa shape index (κ3) is 4.02. The number of benzene rings is 1. The highest BCUT2D eigenvalue weighted by molar-refractivity contribution is 7.89. The first kappa shape index (κ1) is 15.4. The van der Waals surface area contributed by atoms with Crippen LogP contribution in [-0.4, -0.2) is 25.7 Å². The minimum Gasteiger partial charge on any atom is -0.241 e. The Kier molecular flexibility index (Phi) is 4.80. The van der Waals surface area contributed by atoms with E-state index in [2.05, 4.69) is 16.3 Å². The lowest BCUT2D eigenvalue weighted by molar-refractivity contribution is 0.577. The van der Waals surface area contributed by atoms with Gasteiger partial charge in [-0.1, -0.05) is 37.2 Å². The minimum absolute atomic E-state index is 0.00534. The summed E-state index contributed by atoms with van der Waals surface area (Å²) >= 11 is 7.10. The number of halogens is 1. The Bertz CT molecular complexity index is 692. The maximum atomic E-state index is 11.7. The third-order valence-electron chi connectivity index (χ3n) is 2.69. The molecule has 0 aliphatic heterocycles. The number of rotatable bonds is 6. The summed E-state index contributed by atoms with van der Waals surface area (Å²) < 4.78 is 27.0. The molecule has 0 aliphatic carbocycles. The van der Waals surface area contributed by atoms with Crippen LogP contribution in [0.2, 0.25) is 0 Å². The number of sulfonamides is 1. The maximum Gasteiger partial charge on any atom is 0.216 e. The van der Waals surface area contributed by atoms with Crippen LogP contribution in [0.5, 0.6) is 0 Å². The van der Waals surface area contributed by atoms with E-state index in [1.54, 1.807) is 11.3 Å². The molecule has 4 nitrogen and oxygen atoms in total. The van der Waals surface area contributed by atoms with Gasteiger partial charge in [0.05, 0.1) is 21.0 Å². The summed E-state index contributed by atoms with van der Waals surface area (Å²) in [5.74, 6) is -0.257. The summed E-state index contributed by atoms with van der Waals surface area (Å²) in [5, 5.41) is 1.02. The highest BCUT2D eigenvalue weighted by Gasteiger charge is 2.16. The van der Waals surface area contributed by atoms with Gasteiger partial charge in [0.2, 0.25) is 10.0 Å². The SMILES string of the molecule is C=C(Cl)CS(=O)(=O)NC[C@H](C)c1nc2ccccc2s1. The summed E-state index contributed by atoms with van der Waals surface area (Å²) in [7, 11) is -3.42. The van der Waals surface area contributed by atoms with E-state index < -0.39 is 10.0 Å². The molecular weight excluding hydrogens is 316 g/mol. The molecular formula is C13H15ClN2O2S2. The Morgan fingerprint density at radius 3 is 2.85 bits per heavy atom. The number of hydrogen-bond donors (Lipinski definition) is 1. The molecule has 7 heteroatoms. The van der Waals surface area contributed by atoms with Crippen LogP contribution in [0, 0.1) is 0 Å². The van der Waals surface area contributed by atoms with Crippen molar-refractivity contribution in [2.75, 3.05) is 12.3 Å². The summed E-state index contributed by atoms with van der Waals surface area (Å²) in [6.45, 7) is 5.63. The molecule has 1 N–H and O–H groups in total. The van der Waals surface area contributed by atoms with Crippen molar-refractivity contribution in [3.05, 3.63) is 40.9 Å². The van der Waals surface area contributed by atoms with Gasteiger partial charge in [0.15, 0.2) is 0 Å². The van der Waals surface area contributed by atoms with Crippen molar-refractivity contribution >= 4 is 43.2 Å². The molecule has 0 radical (unpaired) electrons. The van der Waals surface area contributed by atoms with E-state index in [0.717, 1.165) is 15.2 Å². The molecule has 0 spiro atoms. The van der Waals surface area contributed by atoms with Crippen molar-refractivity contribution in [3.63, 3.8) is 0 Å². The lowest BCUT2D eigenvalue weighted by Gasteiger charge is -2.10. The quantitative estimate of drug-likeness (QED) is 0.885. The van der Waals surface area contributed by atoms with E-state index in [-0.39, 0.29) is 16.7 Å². The second-order valence-corrected chi connectivity index (χ2v) is 7.95. The Morgan fingerprint density at radius 1 is 1.50 bits per heavy atom. The first-order chi connectivity index (χ1) is 9.37. The van der Waals surface area contributed by atoms with Gasteiger partial charge in [-0.15, -0.1) is 11.3 Å². The summed E-state index contributed by atoms with van der Waals surface area (Å²) in [6.07, 6.45) is 0. The second kappa shape index (κ2) is 6.22. The van der Waals surface area contributed by atoms with Gasteiger partial charge >= 0.3 is 0 Å². The normalized spacial score (nSPS) is 13.5. The Morgan fingerprint density at radius 2 is 2.20 bits per heavy atom. The van der Waals surface area contributed by atoms with Gasteiger partial charge in [-0.25, -0.2) is 18.1 Å². The molecule has 0 aliphatic rings. The molecule has 2 rings (SSSR count). The highest BCUT2D eigenvalue weighted by atomic mass is 35.5. The zero-order chi connectivity index (χ0) is 14.8. The molecule has 1 atom stereocenters. The van der Waals surface area contributed by atoms with Crippen molar-refractivity contribution < 1.29 is 8.42 Å². The average molecular weight is 331 g/mol. The van der Waals surface area contributed by atoms with Crippen LogP contribution in [0.15, 0.2) is 35.9 Å². The first-order valence-electron chi connectivity index (χ1n) is 6.03. The maximum absolute atomic E-state index is 11.7. The fourth-order valence-corrected chi connectivity index (χ4v) is 4.17. The summed E-state index contributed by atoms with van der Waals surface area (Å²) in [6, 6.07) is 7.85. The number of para-hydroxylation sites is 1. The standard InChI is InChI=1S/C13H15ClN2O2S2/c1-9(7-15-20(17,18)8-10(2)14)13-16-11-5-3-4-6-12(11)19-13/h3-6,9,15H,2,7-8H2,1H3/t9-/m0/s1. The second-order valence-electron chi connectivity index (χ2n) is 4.55. The third-order valence-corrected chi connectivity index (χ3v) is 5.58. The van der Waals surface area contributed by atoms with Crippen LogP contribution in [0.3, 0.4) is 0 Å². The van der Waals surface area contributed by atoms with Crippen molar-refractivity contribution in [2.24, 2.45) is 0 Å². The Balaban J connectivity index is 2.05. The highest BCUT2D eigenvalue weighted by Crippen LogP contribution is 2.26. The first-order valence-corrected chi connectivity index (χ1v) is 8.88. The smallest absolute Gasteiger partial charge is 0.216 e. The van der Waals surface area contributed by atoms with Gasteiger partial charge in [-0.05, 0) is 12.1 Å². The van der Waals surface area contributed by atoms with Gasteiger partial charge in [0.25, 0.3) is 0 Å². The van der Waals surface area contributed by atoms with E-state index in [4.69, 9.17) is 11.6 Å². The molecule has 1 aromatic carbocycles. The molecule has 0 bridgehead atoms. The van der Waals surface area contributed by atoms with Crippen LogP contribution in [0.25, 0.3) is 10.2 Å². The number of fused-ring (bicyclic) bond motifs is 1. The fraction of sp³-hybridized carbons (Fsp3) is 0.308. The molecule has 0 saturated carbocycles. The van der Waals surface area contributed by atoms with Crippen molar-refractivity contribution in [1.82, 2.24) is 9.71 Å². The molecule has 1 aromatic heterocycles. The molecule has 2 aromatic rings. The van der Waals surface area contributed by atoms with Gasteiger partial charge in [0, 0.05) is 17.5 Å². The molecule has 0 fully saturated rings. The molecule has 0 unspecified atom stereocenters. The van der Waals surface area contributed by atoms with Crippen molar-refractivity contribution in [3.8, 4) is 0 Å². The number of nitrogens with one attached hydrogen (secondary N) is 1. The van der Waals surface area contributed by atoms with Crippen molar-refractivity contribution in [1.29, 1.82) is 0 Å². The van der Waals surface area contributed by atoms with E-state index in [1.165, 1.54) is 0 Å². The van der Waals surface area contributed by atoms with Crippen LogP contribution < -0.4 is 4.72 Å². The van der Waals surface area contributed by atoms with E-state index >= 15 is 0 Å². The van der Waals surface area contributed by atoms with Crippen LogP contribution >= 0.6 is 22.9 Å². The summed E-state index contributed by atoms with van der Waals surface area (Å²) in [5.41, 5.74) is 0.941. The Hall–Kier alpha value is -0.950. The fourth-order valence-electron chi connectivity index (χ4n) is 1.70. The van der Waals surface area contributed by atoms with Crippen LogP contribution in [-0.2, 0) is 10.0 Å². The zero-order valence-corrected chi connectivity index (χ0v) is 13.4. The molecule has 108 valence electrons. The van der Waals surface area contributed by atoms with Crippen LogP contribution in [0.1, 0.15) is 17.8 Å². The van der Waals surface area contributed by atoms with Gasteiger partial charge in [-0.3, -0.25) is 0 Å². The van der Waals surface area contributed by atoms with E-state index in [9.17, 15) is 8.42 Å². The largest absolute Gasteiger partial charge is 0.241 e. The summed E-state index contributed by atoms with van der Waals surface area (Å²) in [4.78, 5) is 4.51. The number of aromatic nitrogens is 1. The van der Waals surface area contributed by atoms with Gasteiger partial charge in [-0.2, -0.15) is 0 Å².